The molecule has 0 aliphatic carbocycles. The highest BCUT2D eigenvalue weighted by molar-refractivity contribution is 5.63. The Morgan fingerprint density at radius 2 is 1.62 bits per heavy atom. The summed E-state index contributed by atoms with van der Waals surface area (Å²) >= 11 is 0. The number of aryl methyl sites for hydroxylation is 1. The molecule has 0 N–H and O–H groups in total. The molecule has 9 heteroatoms. The first-order valence-electron chi connectivity index (χ1n) is 9.68. The van der Waals surface area contributed by atoms with Crippen LogP contribution >= 0.6 is 0 Å². The third-order valence-electron chi connectivity index (χ3n) is 5.20. The Morgan fingerprint density at radius 1 is 0.966 bits per heavy atom. The van der Waals surface area contributed by atoms with Crippen LogP contribution in [0.2, 0.25) is 0 Å². The molecule has 29 heavy (non-hydrogen) atoms. The van der Waals surface area contributed by atoms with Crippen molar-refractivity contribution in [3.8, 4) is 11.1 Å². The van der Waals surface area contributed by atoms with Crippen molar-refractivity contribution in [2.24, 2.45) is 10.2 Å². The first-order chi connectivity index (χ1) is 14.2. The Labute approximate surface area is 170 Å². The number of hydrogen-bond donors (Lipinski definition) is 0. The van der Waals surface area contributed by atoms with Crippen LogP contribution in [-0.4, -0.2) is 60.1 Å². The third-order valence-corrected chi connectivity index (χ3v) is 5.20. The van der Waals surface area contributed by atoms with E-state index in [9.17, 15) is 0 Å². The number of nitrogens with zero attached hydrogens (tertiary/aromatic N) is 9. The fourth-order valence-corrected chi connectivity index (χ4v) is 3.61. The maximum absolute atomic E-state index is 8.58. The number of hydrogen-bond acceptors (Lipinski definition) is 5. The van der Waals surface area contributed by atoms with Crippen LogP contribution in [0.1, 0.15) is 11.1 Å². The van der Waals surface area contributed by atoms with Gasteiger partial charge in [0.05, 0.1) is 0 Å². The number of azide groups is 2. The molecule has 1 saturated heterocycles. The molecule has 1 aliphatic heterocycles. The zero-order chi connectivity index (χ0) is 20.5. The zero-order valence-corrected chi connectivity index (χ0v) is 16.6. The second-order valence-corrected chi connectivity index (χ2v) is 7.24. The van der Waals surface area contributed by atoms with E-state index in [0.29, 0.717) is 13.1 Å². The molecule has 150 valence electrons. The van der Waals surface area contributed by atoms with Crippen molar-refractivity contribution in [1.82, 2.24) is 14.8 Å². The summed E-state index contributed by atoms with van der Waals surface area (Å²) in [6.45, 7) is 7.17. The summed E-state index contributed by atoms with van der Waals surface area (Å²) in [7, 11) is 0. The van der Waals surface area contributed by atoms with Gasteiger partial charge in [0.25, 0.3) is 0 Å². The van der Waals surface area contributed by atoms with Crippen LogP contribution in [0.15, 0.2) is 53.0 Å². The lowest BCUT2D eigenvalue weighted by Gasteiger charge is -2.38. The minimum Gasteiger partial charge on any atom is -0.298 e. The Kier molecular flexibility index (Phi) is 7.44. The first-order valence-corrected chi connectivity index (χ1v) is 9.68. The van der Waals surface area contributed by atoms with E-state index in [-0.39, 0.29) is 6.04 Å². The van der Waals surface area contributed by atoms with Gasteiger partial charge in [-0.05, 0) is 40.7 Å². The van der Waals surface area contributed by atoms with Crippen molar-refractivity contribution in [3.63, 3.8) is 0 Å². The minimum absolute atomic E-state index is 0.0360. The summed E-state index contributed by atoms with van der Waals surface area (Å²) in [5.74, 6) is 0. The quantitative estimate of drug-likeness (QED) is 0.382. The zero-order valence-electron chi connectivity index (χ0n) is 16.6. The van der Waals surface area contributed by atoms with Gasteiger partial charge in [0.2, 0.25) is 0 Å². The van der Waals surface area contributed by atoms with Crippen LogP contribution in [0.3, 0.4) is 0 Å². The fourth-order valence-electron chi connectivity index (χ4n) is 3.61. The van der Waals surface area contributed by atoms with Crippen LogP contribution in [0.5, 0.6) is 0 Å². The lowest BCUT2D eigenvalue weighted by molar-refractivity contribution is 0.0970. The van der Waals surface area contributed by atoms with E-state index in [0.717, 1.165) is 43.9 Å². The van der Waals surface area contributed by atoms with Gasteiger partial charge in [-0.25, -0.2) is 0 Å². The Balaban J connectivity index is 1.54. The normalized spacial score (nSPS) is 15.9. The maximum atomic E-state index is 8.58. The molecule has 1 aliphatic rings. The number of pyridine rings is 1. The van der Waals surface area contributed by atoms with Crippen molar-refractivity contribution in [2.75, 3.05) is 39.3 Å². The summed E-state index contributed by atoms with van der Waals surface area (Å²) in [6, 6.07) is 10.8. The van der Waals surface area contributed by atoms with Gasteiger partial charge in [-0.3, -0.25) is 14.8 Å². The lowest BCUT2D eigenvalue weighted by atomic mass is 10.0. The fraction of sp³-hybridized carbons (Fsp3) is 0.450. The molecule has 0 radical (unpaired) electrons. The summed E-state index contributed by atoms with van der Waals surface area (Å²) in [5.41, 5.74) is 21.9. The average molecular weight is 391 g/mol. The molecule has 3 rings (SSSR count). The van der Waals surface area contributed by atoms with Crippen LogP contribution < -0.4 is 0 Å². The second-order valence-electron chi connectivity index (χ2n) is 7.24. The highest BCUT2D eigenvalue weighted by Gasteiger charge is 2.23. The van der Waals surface area contributed by atoms with E-state index in [2.05, 4.69) is 72.1 Å². The van der Waals surface area contributed by atoms with Gasteiger partial charge < -0.3 is 0 Å². The molecule has 0 unspecified atom stereocenters. The molecule has 2 aromatic rings. The monoisotopic (exact) mass is 391 g/mol. The summed E-state index contributed by atoms with van der Waals surface area (Å²) in [5, 5.41) is 7.33. The highest BCUT2D eigenvalue weighted by atomic mass is 15.3. The molecule has 0 atom stereocenters. The van der Waals surface area contributed by atoms with E-state index in [4.69, 9.17) is 11.1 Å². The van der Waals surface area contributed by atoms with Gasteiger partial charge in [-0.2, -0.15) is 0 Å². The smallest absolute Gasteiger partial charge is 0.0415 e. The molecule has 1 fully saturated rings. The lowest BCUT2D eigenvalue weighted by Crippen LogP contribution is -2.51. The van der Waals surface area contributed by atoms with Crippen LogP contribution in [-0.2, 0) is 6.54 Å². The Bertz CT molecular complexity index is 870. The van der Waals surface area contributed by atoms with E-state index in [1.807, 2.05) is 12.4 Å². The van der Waals surface area contributed by atoms with Crippen LogP contribution in [0, 0.1) is 6.92 Å². The average Bonchev–Trinajstić information content (AvgIpc) is 2.75. The topological polar surface area (TPSA) is 117 Å². The Hall–Kier alpha value is -3.09. The number of benzene rings is 1. The largest absolute Gasteiger partial charge is 0.298 e. The van der Waals surface area contributed by atoms with Gasteiger partial charge in [0, 0.05) is 79.6 Å². The molecule has 0 saturated carbocycles. The van der Waals surface area contributed by atoms with Crippen molar-refractivity contribution < 1.29 is 0 Å². The third kappa shape index (κ3) is 5.94. The molecule has 0 amide bonds. The van der Waals surface area contributed by atoms with Crippen molar-refractivity contribution in [3.05, 3.63) is 74.7 Å². The molecule has 9 nitrogen and oxygen atoms in total. The summed E-state index contributed by atoms with van der Waals surface area (Å²) in [4.78, 5) is 14.6. The predicted molar refractivity (Wildman–Crippen MR) is 113 cm³/mol. The molecule has 0 bridgehead atoms. The highest BCUT2D eigenvalue weighted by Crippen LogP contribution is 2.20. The first kappa shape index (κ1) is 20.6. The molecule has 1 aromatic carbocycles. The van der Waals surface area contributed by atoms with Gasteiger partial charge in [0.1, 0.15) is 0 Å². The van der Waals surface area contributed by atoms with Gasteiger partial charge in [-0.15, -0.1) is 0 Å². The summed E-state index contributed by atoms with van der Waals surface area (Å²) in [6.07, 6.45) is 3.76. The predicted octanol–water partition coefficient (Wildman–Crippen LogP) is 4.16. The standard InChI is InChI=1S/C20H25N9/c1-16-10-19(12-23-11-16)18-4-2-17(3-5-18)15-28-6-8-29(9-7-28)20(13-24-26-21)14-25-27-22/h2-5,10-12,20H,6-9,13-15H2,1H3. The number of aromatic nitrogens is 1. The van der Waals surface area contributed by atoms with E-state index in [1.165, 1.54) is 11.1 Å². The molecule has 0 spiro atoms. The van der Waals surface area contributed by atoms with Gasteiger partial charge >= 0.3 is 0 Å². The van der Waals surface area contributed by atoms with E-state index in [1.54, 1.807) is 0 Å². The minimum atomic E-state index is -0.0360. The van der Waals surface area contributed by atoms with Crippen LogP contribution in [0.25, 0.3) is 32.0 Å². The van der Waals surface area contributed by atoms with Crippen molar-refractivity contribution >= 4 is 0 Å². The second kappa shape index (κ2) is 10.5. The van der Waals surface area contributed by atoms with E-state index >= 15 is 0 Å². The molecular weight excluding hydrogens is 366 g/mol. The van der Waals surface area contributed by atoms with Crippen molar-refractivity contribution in [1.29, 1.82) is 0 Å². The van der Waals surface area contributed by atoms with Crippen LogP contribution in [0.4, 0.5) is 0 Å². The molecule has 2 heterocycles. The SMILES string of the molecule is Cc1cncc(-c2ccc(CN3CCN(C(CN=[N+]=[N-])CN=[N+]=[N-])CC3)cc2)c1. The van der Waals surface area contributed by atoms with Gasteiger partial charge in [0.15, 0.2) is 0 Å². The number of piperazine rings is 1. The van der Waals surface area contributed by atoms with Crippen molar-refractivity contribution in [2.45, 2.75) is 19.5 Å². The molecule has 1 aromatic heterocycles. The maximum Gasteiger partial charge on any atom is 0.0415 e. The van der Waals surface area contributed by atoms with Gasteiger partial charge in [-0.1, -0.05) is 34.5 Å². The van der Waals surface area contributed by atoms with E-state index < -0.39 is 0 Å². The summed E-state index contributed by atoms with van der Waals surface area (Å²) < 4.78 is 0. The Morgan fingerprint density at radius 3 is 2.21 bits per heavy atom. The molecular formula is C20H25N9. The number of rotatable bonds is 8.